The summed E-state index contributed by atoms with van der Waals surface area (Å²) in [7, 11) is 0. The molecule has 3 aliphatic rings. The van der Waals surface area contributed by atoms with Gasteiger partial charge in [0, 0.05) is 26.1 Å². The first-order chi connectivity index (χ1) is 21.0. The van der Waals surface area contributed by atoms with Crippen molar-refractivity contribution < 1.29 is 33.6 Å². The number of benzene rings is 1. The standard InChI is InChI=1S/C36H56O7/c1-27(2)41-34(38)17-9-4-3-8-16-30-31(33(26-32(30)37)43-36-19-11-13-25-40-36)23-22-29(42-35-18-10-12-24-39-35)21-20-28-14-6-5-7-15-28/h3,5-8,14-15,27,29-33,35-37H,4,9-13,16-26H2,1-2H3/b8-3-/t29?,30?,31-,32+,33-,35?,36?/m1/s1. The minimum Gasteiger partial charge on any atom is -0.463 e. The molecule has 2 aliphatic heterocycles. The van der Waals surface area contributed by atoms with Crippen LogP contribution in [0, 0.1) is 11.8 Å². The smallest absolute Gasteiger partial charge is 0.306 e. The summed E-state index contributed by atoms with van der Waals surface area (Å²) in [6.07, 6.45) is 17.2. The van der Waals surface area contributed by atoms with Gasteiger partial charge in [0.15, 0.2) is 12.6 Å². The average Bonchev–Trinajstić information content (AvgIpc) is 3.30. The number of aryl methyl sites for hydroxylation is 1. The highest BCUT2D eigenvalue weighted by Crippen LogP contribution is 2.41. The van der Waals surface area contributed by atoms with Crippen LogP contribution in [0.15, 0.2) is 42.5 Å². The van der Waals surface area contributed by atoms with E-state index in [1.807, 2.05) is 13.8 Å². The number of aliphatic hydroxyl groups is 1. The molecular formula is C36H56O7. The normalized spacial score (nSPS) is 28.8. The molecule has 4 rings (SSSR count). The van der Waals surface area contributed by atoms with Gasteiger partial charge in [-0.3, -0.25) is 4.79 Å². The van der Waals surface area contributed by atoms with Crippen LogP contribution in [0.3, 0.4) is 0 Å². The van der Waals surface area contributed by atoms with Gasteiger partial charge < -0.3 is 28.8 Å². The molecule has 1 aromatic carbocycles. The molecule has 1 N–H and O–H groups in total. The number of allylic oxidation sites excluding steroid dienone is 2. The van der Waals surface area contributed by atoms with Crippen LogP contribution >= 0.6 is 0 Å². The van der Waals surface area contributed by atoms with E-state index in [4.69, 9.17) is 23.7 Å². The second-order valence-corrected chi connectivity index (χ2v) is 12.9. The molecule has 0 radical (unpaired) electrons. The second kappa shape index (κ2) is 18.9. The zero-order valence-corrected chi connectivity index (χ0v) is 26.6. The Morgan fingerprint density at radius 2 is 1.72 bits per heavy atom. The highest BCUT2D eigenvalue weighted by Gasteiger charge is 2.43. The number of aliphatic hydroxyl groups excluding tert-OH is 1. The summed E-state index contributed by atoms with van der Waals surface area (Å²) in [4.78, 5) is 11.8. The summed E-state index contributed by atoms with van der Waals surface area (Å²) in [6, 6.07) is 10.6. The van der Waals surface area contributed by atoms with Crippen LogP contribution < -0.4 is 0 Å². The summed E-state index contributed by atoms with van der Waals surface area (Å²) in [5, 5.41) is 11.2. The van der Waals surface area contributed by atoms with Crippen LogP contribution in [-0.4, -0.2) is 61.3 Å². The summed E-state index contributed by atoms with van der Waals surface area (Å²) in [5.41, 5.74) is 1.33. The Bertz CT molecular complexity index is 923. The molecule has 1 aliphatic carbocycles. The molecule has 1 saturated carbocycles. The summed E-state index contributed by atoms with van der Waals surface area (Å²) in [5.74, 6) is 0.208. The molecule has 1 aromatic rings. The van der Waals surface area contributed by atoms with Crippen LogP contribution in [0.25, 0.3) is 0 Å². The van der Waals surface area contributed by atoms with Crippen molar-refractivity contribution in [3.05, 3.63) is 48.0 Å². The molecule has 7 nitrogen and oxygen atoms in total. The molecule has 43 heavy (non-hydrogen) atoms. The minimum absolute atomic E-state index is 0.0250. The topological polar surface area (TPSA) is 83.5 Å². The van der Waals surface area contributed by atoms with E-state index in [1.165, 1.54) is 5.56 Å². The van der Waals surface area contributed by atoms with E-state index in [2.05, 4.69) is 42.5 Å². The molecule has 2 heterocycles. The van der Waals surface area contributed by atoms with Crippen LogP contribution in [0.5, 0.6) is 0 Å². The molecule has 3 fully saturated rings. The monoisotopic (exact) mass is 600 g/mol. The zero-order chi connectivity index (χ0) is 30.3. The quantitative estimate of drug-likeness (QED) is 0.114. The highest BCUT2D eigenvalue weighted by atomic mass is 16.7. The van der Waals surface area contributed by atoms with Gasteiger partial charge in [-0.15, -0.1) is 0 Å². The first-order valence-corrected chi connectivity index (χ1v) is 17.1. The molecule has 0 spiro atoms. The molecule has 4 unspecified atom stereocenters. The van der Waals surface area contributed by atoms with Gasteiger partial charge in [-0.05, 0) is 115 Å². The van der Waals surface area contributed by atoms with Crippen molar-refractivity contribution >= 4 is 5.97 Å². The van der Waals surface area contributed by atoms with Crippen molar-refractivity contribution in [1.82, 2.24) is 0 Å². The predicted molar refractivity (Wildman–Crippen MR) is 167 cm³/mol. The number of carbonyl (C=O) groups excluding carboxylic acids is 1. The largest absolute Gasteiger partial charge is 0.463 e. The van der Waals surface area contributed by atoms with E-state index in [1.54, 1.807) is 0 Å². The Hall–Kier alpha value is -1.77. The first kappa shape index (κ1) is 34.1. The number of hydrogen-bond acceptors (Lipinski definition) is 7. The van der Waals surface area contributed by atoms with Crippen LogP contribution in [-0.2, 0) is 34.9 Å². The van der Waals surface area contributed by atoms with Crippen molar-refractivity contribution in [1.29, 1.82) is 0 Å². The fourth-order valence-electron chi connectivity index (χ4n) is 6.77. The fraction of sp³-hybridized carbons (Fsp3) is 0.750. The molecule has 0 bridgehead atoms. The SMILES string of the molecule is CC(C)OC(=O)CCC/C=C\CC1[C@@H](CCC(CCc2ccccc2)OC2CCCCO2)[C@H](OC2CCCCO2)C[C@@H]1O. The van der Waals surface area contributed by atoms with E-state index in [0.29, 0.717) is 12.8 Å². The molecular weight excluding hydrogens is 544 g/mol. The van der Waals surface area contributed by atoms with Gasteiger partial charge in [0.2, 0.25) is 0 Å². The summed E-state index contributed by atoms with van der Waals surface area (Å²) in [6.45, 7) is 5.27. The Kier molecular flexibility index (Phi) is 15.0. The number of unbranched alkanes of at least 4 members (excludes halogenated alkanes) is 1. The van der Waals surface area contributed by atoms with Gasteiger partial charge in [-0.1, -0.05) is 42.5 Å². The van der Waals surface area contributed by atoms with E-state index in [9.17, 15) is 9.90 Å². The number of esters is 1. The minimum atomic E-state index is -0.408. The number of ether oxygens (including phenoxy) is 5. The van der Waals surface area contributed by atoms with Crippen molar-refractivity contribution in [3.63, 3.8) is 0 Å². The van der Waals surface area contributed by atoms with Gasteiger partial charge in [-0.25, -0.2) is 0 Å². The molecule has 7 atom stereocenters. The first-order valence-electron chi connectivity index (χ1n) is 17.1. The van der Waals surface area contributed by atoms with Crippen LogP contribution in [0.2, 0.25) is 0 Å². The van der Waals surface area contributed by atoms with Crippen molar-refractivity contribution in [2.24, 2.45) is 11.8 Å². The Morgan fingerprint density at radius 1 is 0.977 bits per heavy atom. The maximum atomic E-state index is 11.8. The number of carbonyl (C=O) groups is 1. The average molecular weight is 601 g/mol. The number of rotatable bonds is 17. The van der Waals surface area contributed by atoms with Gasteiger partial charge in [-0.2, -0.15) is 0 Å². The van der Waals surface area contributed by atoms with Gasteiger partial charge in [0.05, 0.1) is 24.4 Å². The molecule has 0 aromatic heterocycles. The lowest BCUT2D eigenvalue weighted by atomic mass is 9.85. The van der Waals surface area contributed by atoms with E-state index in [0.717, 1.165) is 96.7 Å². The third-order valence-electron chi connectivity index (χ3n) is 9.06. The lowest BCUT2D eigenvalue weighted by Crippen LogP contribution is -2.33. The van der Waals surface area contributed by atoms with E-state index in [-0.39, 0.29) is 48.7 Å². The summed E-state index contributed by atoms with van der Waals surface area (Å²) >= 11 is 0. The highest BCUT2D eigenvalue weighted by molar-refractivity contribution is 5.69. The Balaban J connectivity index is 1.36. The lowest BCUT2D eigenvalue weighted by Gasteiger charge is -2.32. The van der Waals surface area contributed by atoms with Crippen molar-refractivity contribution in [2.45, 2.75) is 147 Å². The molecule has 2 saturated heterocycles. The third kappa shape index (κ3) is 12.3. The van der Waals surface area contributed by atoms with E-state index >= 15 is 0 Å². The van der Waals surface area contributed by atoms with Crippen molar-refractivity contribution in [3.8, 4) is 0 Å². The maximum absolute atomic E-state index is 11.8. The zero-order valence-electron chi connectivity index (χ0n) is 26.6. The Labute approximate surface area is 259 Å². The molecule has 7 heteroatoms. The second-order valence-electron chi connectivity index (χ2n) is 12.9. The van der Waals surface area contributed by atoms with E-state index < -0.39 is 6.10 Å². The fourth-order valence-corrected chi connectivity index (χ4v) is 6.77. The summed E-state index contributed by atoms with van der Waals surface area (Å²) < 4.78 is 30.3. The van der Waals surface area contributed by atoms with Crippen LogP contribution in [0.4, 0.5) is 0 Å². The van der Waals surface area contributed by atoms with Gasteiger partial charge in [0.1, 0.15) is 0 Å². The maximum Gasteiger partial charge on any atom is 0.306 e. The third-order valence-corrected chi connectivity index (χ3v) is 9.06. The van der Waals surface area contributed by atoms with Gasteiger partial charge in [0.25, 0.3) is 0 Å². The van der Waals surface area contributed by atoms with Crippen molar-refractivity contribution in [2.75, 3.05) is 13.2 Å². The molecule has 242 valence electrons. The predicted octanol–water partition coefficient (Wildman–Crippen LogP) is 7.29. The van der Waals surface area contributed by atoms with Gasteiger partial charge >= 0.3 is 5.97 Å². The lowest BCUT2D eigenvalue weighted by molar-refractivity contribution is -0.200. The molecule has 0 amide bonds. The van der Waals surface area contributed by atoms with Crippen LogP contribution in [0.1, 0.15) is 109 Å². The Morgan fingerprint density at radius 3 is 2.42 bits per heavy atom. The number of hydrogen-bond donors (Lipinski definition) is 1.